The van der Waals surface area contributed by atoms with Crippen LogP contribution in [0.2, 0.25) is 0 Å². The van der Waals surface area contributed by atoms with E-state index in [1.54, 1.807) is 0 Å². The SMILES string of the molecule is C=CC[C@@H]1C=C[C@@H]2OC(c3ccccc3)OC[C@H]2O1. The van der Waals surface area contributed by atoms with Gasteiger partial charge in [-0.2, -0.15) is 0 Å². The molecule has 2 heterocycles. The molecule has 1 fully saturated rings. The molecule has 4 atom stereocenters. The number of hydrogen-bond acceptors (Lipinski definition) is 3. The molecule has 0 aromatic heterocycles. The molecular formula is C16H18O3. The molecule has 0 aliphatic carbocycles. The van der Waals surface area contributed by atoms with E-state index in [-0.39, 0.29) is 24.6 Å². The second-order valence-electron chi connectivity index (χ2n) is 4.80. The summed E-state index contributed by atoms with van der Waals surface area (Å²) in [5.41, 5.74) is 1.04. The maximum absolute atomic E-state index is 5.94. The molecule has 1 unspecified atom stereocenters. The quantitative estimate of drug-likeness (QED) is 0.780. The Balaban J connectivity index is 1.68. The van der Waals surface area contributed by atoms with Gasteiger partial charge in [0.25, 0.3) is 0 Å². The largest absolute Gasteiger partial charge is 0.365 e. The highest BCUT2D eigenvalue weighted by Crippen LogP contribution is 2.31. The molecule has 0 saturated carbocycles. The fourth-order valence-corrected chi connectivity index (χ4v) is 2.42. The van der Waals surface area contributed by atoms with Gasteiger partial charge in [-0.15, -0.1) is 6.58 Å². The third-order valence-electron chi connectivity index (χ3n) is 3.39. The summed E-state index contributed by atoms with van der Waals surface area (Å²) >= 11 is 0. The summed E-state index contributed by atoms with van der Waals surface area (Å²) in [6.45, 7) is 4.29. The van der Waals surface area contributed by atoms with Gasteiger partial charge >= 0.3 is 0 Å². The number of benzene rings is 1. The molecule has 1 saturated heterocycles. The van der Waals surface area contributed by atoms with Gasteiger partial charge in [-0.25, -0.2) is 0 Å². The van der Waals surface area contributed by atoms with E-state index in [9.17, 15) is 0 Å². The zero-order valence-electron chi connectivity index (χ0n) is 10.8. The van der Waals surface area contributed by atoms with E-state index >= 15 is 0 Å². The molecule has 1 aromatic carbocycles. The van der Waals surface area contributed by atoms with E-state index < -0.39 is 0 Å². The van der Waals surface area contributed by atoms with E-state index in [4.69, 9.17) is 14.2 Å². The Hall–Kier alpha value is -1.42. The van der Waals surface area contributed by atoms with Crippen molar-refractivity contribution in [1.29, 1.82) is 0 Å². The highest BCUT2D eigenvalue weighted by atomic mass is 16.7. The Morgan fingerprint density at radius 3 is 2.79 bits per heavy atom. The molecule has 19 heavy (non-hydrogen) atoms. The van der Waals surface area contributed by atoms with Gasteiger partial charge in [0.05, 0.1) is 12.7 Å². The Labute approximate surface area is 113 Å². The Bertz CT molecular complexity index is 454. The molecule has 1 aromatic rings. The molecule has 3 rings (SSSR count). The highest BCUT2D eigenvalue weighted by molar-refractivity contribution is 5.17. The van der Waals surface area contributed by atoms with Crippen LogP contribution in [0.4, 0.5) is 0 Å². The van der Waals surface area contributed by atoms with Crippen molar-refractivity contribution in [3.8, 4) is 0 Å². The second kappa shape index (κ2) is 5.70. The molecule has 0 bridgehead atoms. The minimum absolute atomic E-state index is 0.0186. The lowest BCUT2D eigenvalue weighted by molar-refractivity contribution is -0.261. The molecular weight excluding hydrogens is 240 g/mol. The molecule has 3 heteroatoms. The average Bonchev–Trinajstić information content (AvgIpc) is 2.48. The summed E-state index contributed by atoms with van der Waals surface area (Å²) in [5.74, 6) is 0. The standard InChI is InChI=1S/C16H18O3/c1-2-6-13-9-10-14-15(18-13)11-17-16(19-14)12-7-4-3-5-8-12/h2-5,7-10,13-16H,1,6,11H2/t13-,14+,15-,16?/m1/s1. The van der Waals surface area contributed by atoms with Crippen LogP contribution in [-0.4, -0.2) is 24.9 Å². The zero-order valence-corrected chi connectivity index (χ0v) is 10.8. The predicted molar refractivity (Wildman–Crippen MR) is 72.6 cm³/mol. The van der Waals surface area contributed by atoms with Crippen LogP contribution in [-0.2, 0) is 14.2 Å². The fraction of sp³-hybridized carbons (Fsp3) is 0.375. The molecule has 2 aliphatic rings. The summed E-state index contributed by atoms with van der Waals surface area (Å²) in [6, 6.07) is 9.99. The molecule has 0 amide bonds. The van der Waals surface area contributed by atoms with E-state index in [1.807, 2.05) is 36.4 Å². The number of hydrogen-bond donors (Lipinski definition) is 0. The predicted octanol–water partition coefficient (Wildman–Crippen LogP) is 3.00. The lowest BCUT2D eigenvalue weighted by atomic mass is 10.1. The van der Waals surface area contributed by atoms with Gasteiger partial charge in [-0.3, -0.25) is 0 Å². The first kappa shape index (κ1) is 12.6. The summed E-state index contributed by atoms with van der Waals surface area (Å²) in [5, 5.41) is 0. The van der Waals surface area contributed by atoms with E-state index in [0.29, 0.717) is 6.61 Å². The van der Waals surface area contributed by atoms with Crippen molar-refractivity contribution in [2.75, 3.05) is 6.61 Å². The van der Waals surface area contributed by atoms with Crippen LogP contribution in [0.3, 0.4) is 0 Å². The minimum atomic E-state index is -0.299. The number of rotatable bonds is 3. The van der Waals surface area contributed by atoms with Crippen molar-refractivity contribution >= 4 is 0 Å². The van der Waals surface area contributed by atoms with Crippen molar-refractivity contribution in [2.24, 2.45) is 0 Å². The van der Waals surface area contributed by atoms with Gasteiger partial charge < -0.3 is 14.2 Å². The molecule has 0 radical (unpaired) electrons. The maximum atomic E-state index is 5.94. The van der Waals surface area contributed by atoms with Crippen LogP contribution in [0.25, 0.3) is 0 Å². The lowest BCUT2D eigenvalue weighted by Crippen LogP contribution is -2.45. The van der Waals surface area contributed by atoms with Gasteiger partial charge in [0.2, 0.25) is 0 Å². The minimum Gasteiger partial charge on any atom is -0.365 e. The van der Waals surface area contributed by atoms with Crippen LogP contribution in [0.15, 0.2) is 55.1 Å². The average molecular weight is 258 g/mol. The summed E-state index contributed by atoms with van der Waals surface area (Å²) in [7, 11) is 0. The smallest absolute Gasteiger partial charge is 0.184 e. The van der Waals surface area contributed by atoms with Gasteiger partial charge in [0.1, 0.15) is 12.2 Å². The van der Waals surface area contributed by atoms with E-state index in [2.05, 4.69) is 18.7 Å². The second-order valence-corrected chi connectivity index (χ2v) is 4.80. The molecule has 0 N–H and O–H groups in total. The zero-order chi connectivity index (χ0) is 13.1. The molecule has 3 nitrogen and oxygen atoms in total. The van der Waals surface area contributed by atoms with Crippen molar-refractivity contribution in [3.05, 3.63) is 60.7 Å². The van der Waals surface area contributed by atoms with Crippen LogP contribution in [0, 0.1) is 0 Å². The lowest BCUT2D eigenvalue weighted by Gasteiger charge is -2.39. The van der Waals surface area contributed by atoms with Gasteiger partial charge in [0, 0.05) is 5.56 Å². The number of ether oxygens (including phenoxy) is 3. The normalized spacial score (nSPS) is 33.7. The third-order valence-corrected chi connectivity index (χ3v) is 3.39. The first-order valence-corrected chi connectivity index (χ1v) is 6.63. The maximum Gasteiger partial charge on any atom is 0.184 e. The van der Waals surface area contributed by atoms with E-state index in [1.165, 1.54) is 0 Å². The van der Waals surface area contributed by atoms with Crippen LogP contribution in [0.1, 0.15) is 18.3 Å². The van der Waals surface area contributed by atoms with Crippen molar-refractivity contribution in [3.63, 3.8) is 0 Å². The number of fused-ring (bicyclic) bond motifs is 1. The van der Waals surface area contributed by atoms with Gasteiger partial charge in [-0.1, -0.05) is 48.6 Å². The first-order chi connectivity index (χ1) is 9.36. The Morgan fingerprint density at radius 1 is 1.16 bits per heavy atom. The molecule has 0 spiro atoms. The van der Waals surface area contributed by atoms with Crippen LogP contribution in [0.5, 0.6) is 0 Å². The fourth-order valence-electron chi connectivity index (χ4n) is 2.42. The third kappa shape index (κ3) is 2.78. The summed E-state index contributed by atoms with van der Waals surface area (Å²) < 4.78 is 17.6. The van der Waals surface area contributed by atoms with Gasteiger partial charge in [0.15, 0.2) is 6.29 Å². The van der Waals surface area contributed by atoms with Crippen LogP contribution >= 0.6 is 0 Å². The van der Waals surface area contributed by atoms with Crippen molar-refractivity contribution in [1.82, 2.24) is 0 Å². The molecule has 2 aliphatic heterocycles. The first-order valence-electron chi connectivity index (χ1n) is 6.63. The molecule has 100 valence electrons. The van der Waals surface area contributed by atoms with E-state index in [0.717, 1.165) is 12.0 Å². The van der Waals surface area contributed by atoms with Gasteiger partial charge in [-0.05, 0) is 6.42 Å². The highest BCUT2D eigenvalue weighted by Gasteiger charge is 2.35. The van der Waals surface area contributed by atoms with Crippen molar-refractivity contribution in [2.45, 2.75) is 31.0 Å². The van der Waals surface area contributed by atoms with Crippen LogP contribution < -0.4 is 0 Å². The monoisotopic (exact) mass is 258 g/mol. The van der Waals surface area contributed by atoms with Crippen molar-refractivity contribution < 1.29 is 14.2 Å². The Morgan fingerprint density at radius 2 is 2.00 bits per heavy atom. The Kier molecular flexibility index (Phi) is 3.78. The summed E-state index contributed by atoms with van der Waals surface area (Å²) in [4.78, 5) is 0. The topological polar surface area (TPSA) is 27.7 Å². The summed E-state index contributed by atoms with van der Waals surface area (Å²) in [6.07, 6.45) is 6.58.